The van der Waals surface area contributed by atoms with Crippen LogP contribution in [0.3, 0.4) is 0 Å². The molecular weight excluding hydrogens is 271 g/mol. The second-order valence-corrected chi connectivity index (χ2v) is 8.98. The van der Waals surface area contributed by atoms with Gasteiger partial charge >= 0.3 is 0 Å². The minimum Gasteiger partial charge on any atom is -0.247 e. The Labute approximate surface area is 135 Å². The van der Waals surface area contributed by atoms with Gasteiger partial charge in [0, 0.05) is 6.42 Å². The Morgan fingerprint density at radius 2 is 2.00 bits per heavy atom. The van der Waals surface area contributed by atoms with Crippen molar-refractivity contribution < 1.29 is 4.39 Å². The third-order valence-electron chi connectivity index (χ3n) is 8.38. The molecule has 0 aliphatic heterocycles. The van der Waals surface area contributed by atoms with Crippen molar-refractivity contribution in [1.82, 2.24) is 0 Å². The third kappa shape index (κ3) is 1.80. The van der Waals surface area contributed by atoms with Crippen molar-refractivity contribution in [3.8, 4) is 0 Å². The maximum absolute atomic E-state index is 15.2. The predicted molar refractivity (Wildman–Crippen MR) is 90.3 cm³/mol. The average molecular weight is 302 g/mol. The summed E-state index contributed by atoms with van der Waals surface area (Å²) in [5.74, 6) is 2.36. The molecule has 0 heterocycles. The lowest BCUT2D eigenvalue weighted by Crippen LogP contribution is -2.53. The van der Waals surface area contributed by atoms with Gasteiger partial charge in [-0.1, -0.05) is 51.0 Å². The molecule has 122 valence electrons. The lowest BCUT2D eigenvalue weighted by atomic mass is 9.47. The van der Waals surface area contributed by atoms with Gasteiger partial charge in [-0.3, -0.25) is 0 Å². The van der Waals surface area contributed by atoms with E-state index in [1.807, 2.05) is 0 Å². The summed E-state index contributed by atoms with van der Waals surface area (Å²) < 4.78 is 15.2. The standard InChI is InChI=1S/C21H31F/c1-4-14-8-9-16-19-17(10-12-21(14,16)3)20(2)11-6-5-7-15(20)13-18(19)22/h5-7,14,16-19H,4,8-13H2,1-3H3/t14-,16-,17-,18+,19-,20-,21+/m0/s1. The fourth-order valence-electron chi connectivity index (χ4n) is 7.08. The summed E-state index contributed by atoms with van der Waals surface area (Å²) in [6.07, 6.45) is 14.4. The Bertz CT molecular complexity index is 518. The van der Waals surface area contributed by atoms with E-state index in [2.05, 4.69) is 39.0 Å². The molecule has 0 nitrogen and oxygen atoms in total. The molecule has 0 saturated heterocycles. The van der Waals surface area contributed by atoms with Crippen LogP contribution in [-0.4, -0.2) is 6.17 Å². The molecule has 3 saturated carbocycles. The average Bonchev–Trinajstić information content (AvgIpc) is 2.84. The highest BCUT2D eigenvalue weighted by atomic mass is 19.1. The molecule has 0 radical (unpaired) electrons. The zero-order valence-corrected chi connectivity index (χ0v) is 14.4. The van der Waals surface area contributed by atoms with Gasteiger partial charge < -0.3 is 0 Å². The first-order chi connectivity index (χ1) is 10.5. The van der Waals surface area contributed by atoms with E-state index in [0.717, 1.165) is 12.3 Å². The zero-order valence-electron chi connectivity index (χ0n) is 14.4. The fraction of sp³-hybridized carbons (Fsp3) is 0.810. The molecule has 22 heavy (non-hydrogen) atoms. The number of hydrogen-bond acceptors (Lipinski definition) is 0. The fourth-order valence-corrected chi connectivity index (χ4v) is 7.08. The first kappa shape index (κ1) is 15.0. The topological polar surface area (TPSA) is 0 Å². The van der Waals surface area contributed by atoms with Crippen molar-refractivity contribution in [1.29, 1.82) is 0 Å². The van der Waals surface area contributed by atoms with Crippen LogP contribution in [0.1, 0.15) is 65.7 Å². The molecule has 4 aliphatic carbocycles. The monoisotopic (exact) mass is 302 g/mol. The molecule has 0 N–H and O–H groups in total. The normalized spacial score (nSPS) is 53.5. The van der Waals surface area contributed by atoms with E-state index in [4.69, 9.17) is 0 Å². The Kier molecular flexibility index (Phi) is 3.37. The van der Waals surface area contributed by atoms with Gasteiger partial charge in [-0.25, -0.2) is 4.39 Å². The summed E-state index contributed by atoms with van der Waals surface area (Å²) in [7, 11) is 0. The van der Waals surface area contributed by atoms with Crippen LogP contribution in [0.2, 0.25) is 0 Å². The van der Waals surface area contributed by atoms with Crippen LogP contribution in [0.4, 0.5) is 4.39 Å². The minimum absolute atomic E-state index is 0.244. The van der Waals surface area contributed by atoms with Gasteiger partial charge in [-0.05, 0) is 66.6 Å². The first-order valence-corrected chi connectivity index (χ1v) is 9.51. The number of hydrogen-bond donors (Lipinski definition) is 0. The highest BCUT2D eigenvalue weighted by molar-refractivity contribution is 5.31. The summed E-state index contributed by atoms with van der Waals surface area (Å²) in [5.41, 5.74) is 2.06. The van der Waals surface area contributed by atoms with E-state index in [1.54, 1.807) is 0 Å². The van der Waals surface area contributed by atoms with E-state index in [1.165, 1.54) is 37.7 Å². The number of halogens is 1. The first-order valence-electron chi connectivity index (χ1n) is 9.51. The molecule has 0 amide bonds. The minimum atomic E-state index is -0.601. The number of allylic oxidation sites excluding steroid dienone is 4. The highest BCUT2D eigenvalue weighted by Crippen LogP contribution is 2.67. The van der Waals surface area contributed by atoms with Gasteiger partial charge in [0.25, 0.3) is 0 Å². The Morgan fingerprint density at radius 1 is 1.18 bits per heavy atom. The van der Waals surface area contributed by atoms with Crippen LogP contribution >= 0.6 is 0 Å². The Morgan fingerprint density at radius 3 is 2.77 bits per heavy atom. The number of alkyl halides is 1. The van der Waals surface area contributed by atoms with Gasteiger partial charge in [0.15, 0.2) is 0 Å². The molecule has 0 aromatic carbocycles. The van der Waals surface area contributed by atoms with Crippen molar-refractivity contribution >= 4 is 0 Å². The predicted octanol–water partition coefficient (Wildman–Crippen LogP) is 6.09. The summed E-state index contributed by atoms with van der Waals surface area (Å²) >= 11 is 0. The lowest BCUT2D eigenvalue weighted by molar-refractivity contribution is -0.0816. The van der Waals surface area contributed by atoms with Crippen molar-refractivity contribution in [2.75, 3.05) is 0 Å². The summed E-state index contributed by atoms with van der Waals surface area (Å²) in [4.78, 5) is 0. The molecule has 0 spiro atoms. The maximum atomic E-state index is 15.2. The zero-order chi connectivity index (χ0) is 15.5. The van der Waals surface area contributed by atoms with E-state index in [-0.39, 0.29) is 5.41 Å². The molecule has 0 aromatic rings. The smallest absolute Gasteiger partial charge is 0.107 e. The second-order valence-electron chi connectivity index (χ2n) is 8.98. The Hall–Kier alpha value is -0.590. The quantitative estimate of drug-likeness (QED) is 0.550. The van der Waals surface area contributed by atoms with Gasteiger partial charge in [0.05, 0.1) is 0 Å². The largest absolute Gasteiger partial charge is 0.247 e. The highest BCUT2D eigenvalue weighted by Gasteiger charge is 2.60. The SMILES string of the molecule is CC[C@H]1CC[C@H]2[C@@H]3[C@H](F)CC4=CC=CC[C@]4(C)[C@H]3CC[C@]12C. The van der Waals surface area contributed by atoms with E-state index in [0.29, 0.717) is 29.6 Å². The van der Waals surface area contributed by atoms with Crippen molar-refractivity contribution in [3.63, 3.8) is 0 Å². The molecule has 1 heteroatoms. The summed E-state index contributed by atoms with van der Waals surface area (Å²) in [5, 5.41) is 0. The van der Waals surface area contributed by atoms with Crippen LogP contribution in [-0.2, 0) is 0 Å². The second kappa shape index (κ2) is 4.95. The van der Waals surface area contributed by atoms with E-state index >= 15 is 4.39 Å². The molecule has 0 aromatic heterocycles. The Balaban J connectivity index is 1.71. The molecule has 0 unspecified atom stereocenters. The molecule has 4 aliphatic rings. The summed E-state index contributed by atoms with van der Waals surface area (Å²) in [6, 6.07) is 0. The lowest BCUT2D eigenvalue weighted by Gasteiger charge is -2.58. The van der Waals surface area contributed by atoms with Gasteiger partial charge in [0.2, 0.25) is 0 Å². The van der Waals surface area contributed by atoms with Crippen LogP contribution in [0.5, 0.6) is 0 Å². The third-order valence-corrected chi connectivity index (χ3v) is 8.38. The molecule has 7 atom stereocenters. The molecular formula is C21H31F. The maximum Gasteiger partial charge on any atom is 0.107 e. The molecule has 0 bridgehead atoms. The molecule has 4 rings (SSSR count). The van der Waals surface area contributed by atoms with Crippen LogP contribution < -0.4 is 0 Å². The van der Waals surface area contributed by atoms with Crippen molar-refractivity contribution in [2.24, 2.45) is 34.5 Å². The van der Waals surface area contributed by atoms with Gasteiger partial charge in [-0.15, -0.1) is 0 Å². The van der Waals surface area contributed by atoms with Gasteiger partial charge in [0.1, 0.15) is 6.17 Å². The van der Waals surface area contributed by atoms with Crippen molar-refractivity contribution in [2.45, 2.75) is 71.9 Å². The number of fused-ring (bicyclic) bond motifs is 5. The summed E-state index contributed by atoms with van der Waals surface area (Å²) in [6.45, 7) is 7.27. The molecule has 3 fully saturated rings. The van der Waals surface area contributed by atoms with E-state index < -0.39 is 6.17 Å². The van der Waals surface area contributed by atoms with Crippen LogP contribution in [0.15, 0.2) is 23.8 Å². The number of rotatable bonds is 1. The van der Waals surface area contributed by atoms with Crippen molar-refractivity contribution in [3.05, 3.63) is 23.8 Å². The van der Waals surface area contributed by atoms with Crippen LogP contribution in [0, 0.1) is 34.5 Å². The van der Waals surface area contributed by atoms with E-state index in [9.17, 15) is 0 Å². The van der Waals surface area contributed by atoms with Gasteiger partial charge in [-0.2, -0.15) is 0 Å². The van der Waals surface area contributed by atoms with Crippen LogP contribution in [0.25, 0.3) is 0 Å².